The van der Waals surface area contributed by atoms with Gasteiger partial charge in [-0.15, -0.1) is 0 Å². The Morgan fingerprint density at radius 3 is 2.53 bits per heavy atom. The minimum Gasteiger partial charge on any atom is -0.378 e. The zero-order valence-electron chi connectivity index (χ0n) is 11.7. The summed E-state index contributed by atoms with van der Waals surface area (Å²) in [6, 6.07) is 6.66. The Kier molecular flexibility index (Phi) is 4.55. The molecule has 1 fully saturated rings. The van der Waals surface area contributed by atoms with Gasteiger partial charge in [0.1, 0.15) is 5.82 Å². The molecule has 1 saturated carbocycles. The van der Waals surface area contributed by atoms with Crippen LogP contribution in [0.5, 0.6) is 0 Å². The molecular formula is C15H23FN2O. The zero-order valence-corrected chi connectivity index (χ0v) is 11.7. The Bertz CT molecular complexity index is 401. The fourth-order valence-electron chi connectivity index (χ4n) is 2.81. The minimum atomic E-state index is -0.194. The van der Waals surface area contributed by atoms with Crippen molar-refractivity contribution in [1.29, 1.82) is 0 Å². The lowest BCUT2D eigenvalue weighted by molar-refractivity contribution is -0.0947. The Morgan fingerprint density at radius 2 is 2.00 bits per heavy atom. The summed E-state index contributed by atoms with van der Waals surface area (Å²) in [5.74, 6) is -0.194. The third-order valence-electron chi connectivity index (χ3n) is 4.14. The summed E-state index contributed by atoms with van der Waals surface area (Å²) in [6.07, 6.45) is 2.30. The van der Waals surface area contributed by atoms with Crippen molar-refractivity contribution in [3.05, 3.63) is 35.6 Å². The summed E-state index contributed by atoms with van der Waals surface area (Å²) in [5, 5.41) is 0. The normalized spacial score (nSPS) is 26.5. The van der Waals surface area contributed by atoms with Crippen LogP contribution in [0, 0.1) is 5.82 Å². The second-order valence-corrected chi connectivity index (χ2v) is 5.40. The van der Waals surface area contributed by atoms with Crippen LogP contribution in [0.4, 0.5) is 4.39 Å². The summed E-state index contributed by atoms with van der Waals surface area (Å²) in [5.41, 5.74) is 7.09. The number of nitrogens with zero attached hydrogens (tertiary/aromatic N) is 1. The fraction of sp³-hybridized carbons (Fsp3) is 0.600. The van der Waals surface area contributed by atoms with Crippen LogP contribution >= 0.6 is 0 Å². The van der Waals surface area contributed by atoms with Crippen molar-refractivity contribution in [1.82, 2.24) is 4.90 Å². The number of likely N-dealkylation sites (N-methyl/N-ethyl adjacent to an activating group) is 1. The zero-order chi connectivity index (χ0) is 13.9. The van der Waals surface area contributed by atoms with Crippen molar-refractivity contribution in [3.8, 4) is 0 Å². The topological polar surface area (TPSA) is 38.5 Å². The molecule has 0 atom stereocenters. The van der Waals surface area contributed by atoms with E-state index in [0.717, 1.165) is 31.6 Å². The average Bonchev–Trinajstić information content (AvgIpc) is 2.36. The van der Waals surface area contributed by atoms with Gasteiger partial charge in [-0.1, -0.05) is 12.1 Å². The minimum absolute atomic E-state index is 0.0359. The highest BCUT2D eigenvalue weighted by Gasteiger charge is 2.46. The first-order valence-electron chi connectivity index (χ1n) is 6.87. The monoisotopic (exact) mass is 266 g/mol. The SMILES string of the molecule is CCOC1CC(CN)(N(C)Cc2ccc(F)cc2)C1. The first kappa shape index (κ1) is 14.4. The molecule has 2 N–H and O–H groups in total. The van der Waals surface area contributed by atoms with E-state index in [0.29, 0.717) is 12.6 Å². The van der Waals surface area contributed by atoms with E-state index in [4.69, 9.17) is 10.5 Å². The van der Waals surface area contributed by atoms with E-state index in [1.165, 1.54) is 12.1 Å². The molecule has 1 aliphatic rings. The highest BCUT2D eigenvalue weighted by Crippen LogP contribution is 2.39. The molecule has 0 unspecified atom stereocenters. The van der Waals surface area contributed by atoms with E-state index >= 15 is 0 Å². The van der Waals surface area contributed by atoms with Crippen LogP contribution in [-0.4, -0.2) is 36.7 Å². The molecule has 3 nitrogen and oxygen atoms in total. The largest absolute Gasteiger partial charge is 0.378 e. The van der Waals surface area contributed by atoms with Crippen LogP contribution in [0.15, 0.2) is 24.3 Å². The van der Waals surface area contributed by atoms with Crippen LogP contribution in [0.3, 0.4) is 0 Å². The van der Waals surface area contributed by atoms with Gasteiger partial charge in [-0.25, -0.2) is 4.39 Å². The molecule has 0 saturated heterocycles. The molecule has 1 aromatic carbocycles. The van der Waals surface area contributed by atoms with Crippen LogP contribution in [0.25, 0.3) is 0 Å². The highest BCUT2D eigenvalue weighted by atomic mass is 19.1. The summed E-state index contributed by atoms with van der Waals surface area (Å²) in [6.45, 7) is 4.20. The fourth-order valence-corrected chi connectivity index (χ4v) is 2.81. The van der Waals surface area contributed by atoms with Gasteiger partial charge in [-0.2, -0.15) is 0 Å². The number of hydrogen-bond acceptors (Lipinski definition) is 3. The van der Waals surface area contributed by atoms with Gasteiger partial charge in [0.2, 0.25) is 0 Å². The molecule has 0 heterocycles. The van der Waals surface area contributed by atoms with Gasteiger partial charge >= 0.3 is 0 Å². The molecule has 1 aliphatic carbocycles. The summed E-state index contributed by atoms with van der Waals surface area (Å²) in [7, 11) is 2.08. The third kappa shape index (κ3) is 3.14. The lowest BCUT2D eigenvalue weighted by atomic mass is 9.73. The van der Waals surface area contributed by atoms with Crippen molar-refractivity contribution in [2.45, 2.75) is 38.0 Å². The molecule has 1 aromatic rings. The molecule has 19 heavy (non-hydrogen) atoms. The van der Waals surface area contributed by atoms with Crippen molar-refractivity contribution in [2.75, 3.05) is 20.2 Å². The number of halogens is 1. The quantitative estimate of drug-likeness (QED) is 0.857. The number of hydrogen-bond donors (Lipinski definition) is 1. The maximum Gasteiger partial charge on any atom is 0.123 e. The molecule has 0 radical (unpaired) electrons. The van der Waals surface area contributed by atoms with E-state index in [2.05, 4.69) is 11.9 Å². The Labute approximate surface area is 114 Å². The third-order valence-corrected chi connectivity index (χ3v) is 4.14. The summed E-state index contributed by atoms with van der Waals surface area (Å²) >= 11 is 0. The van der Waals surface area contributed by atoms with E-state index in [1.807, 2.05) is 19.1 Å². The molecule has 4 heteroatoms. The summed E-state index contributed by atoms with van der Waals surface area (Å²) < 4.78 is 18.5. The molecule has 2 rings (SSSR count). The van der Waals surface area contributed by atoms with Gasteiger partial charge in [-0.05, 0) is 44.5 Å². The molecule has 0 aromatic heterocycles. The molecule has 0 spiro atoms. The number of nitrogens with two attached hydrogens (primary N) is 1. The van der Waals surface area contributed by atoms with Gasteiger partial charge < -0.3 is 10.5 Å². The van der Waals surface area contributed by atoms with Gasteiger partial charge in [0, 0.05) is 25.2 Å². The molecule has 106 valence electrons. The van der Waals surface area contributed by atoms with E-state index in [-0.39, 0.29) is 11.4 Å². The standard InChI is InChI=1S/C15H23FN2O/c1-3-19-14-8-15(9-14,11-17)18(2)10-12-4-6-13(16)7-5-12/h4-7,14H,3,8-11,17H2,1-2H3. The van der Waals surface area contributed by atoms with E-state index in [9.17, 15) is 4.39 Å². The first-order chi connectivity index (χ1) is 9.09. The predicted molar refractivity (Wildman–Crippen MR) is 74.3 cm³/mol. The van der Waals surface area contributed by atoms with Crippen LogP contribution < -0.4 is 5.73 Å². The maximum absolute atomic E-state index is 12.9. The van der Waals surface area contributed by atoms with Gasteiger partial charge in [0.05, 0.1) is 6.10 Å². The molecule has 0 bridgehead atoms. The Hall–Kier alpha value is -0.970. The predicted octanol–water partition coefficient (Wildman–Crippen LogP) is 2.15. The Morgan fingerprint density at radius 1 is 1.37 bits per heavy atom. The van der Waals surface area contributed by atoms with Gasteiger partial charge in [0.15, 0.2) is 0 Å². The molecule has 0 aliphatic heterocycles. The van der Waals surface area contributed by atoms with Crippen LogP contribution in [0.1, 0.15) is 25.3 Å². The van der Waals surface area contributed by atoms with Crippen molar-refractivity contribution < 1.29 is 9.13 Å². The van der Waals surface area contributed by atoms with E-state index < -0.39 is 0 Å². The highest BCUT2D eigenvalue weighted by molar-refractivity contribution is 5.17. The lowest BCUT2D eigenvalue weighted by Crippen LogP contribution is -2.62. The Balaban J connectivity index is 1.95. The van der Waals surface area contributed by atoms with Crippen molar-refractivity contribution >= 4 is 0 Å². The number of rotatable bonds is 6. The smallest absolute Gasteiger partial charge is 0.123 e. The van der Waals surface area contributed by atoms with Gasteiger partial charge in [0.25, 0.3) is 0 Å². The molecular weight excluding hydrogens is 243 g/mol. The second kappa shape index (κ2) is 5.99. The van der Waals surface area contributed by atoms with Crippen LogP contribution in [-0.2, 0) is 11.3 Å². The van der Waals surface area contributed by atoms with E-state index in [1.54, 1.807) is 0 Å². The summed E-state index contributed by atoms with van der Waals surface area (Å²) in [4.78, 5) is 2.27. The second-order valence-electron chi connectivity index (χ2n) is 5.40. The number of ether oxygens (including phenoxy) is 1. The van der Waals surface area contributed by atoms with Crippen molar-refractivity contribution in [2.24, 2.45) is 5.73 Å². The van der Waals surface area contributed by atoms with Crippen LogP contribution in [0.2, 0.25) is 0 Å². The van der Waals surface area contributed by atoms with Gasteiger partial charge in [-0.3, -0.25) is 4.90 Å². The average molecular weight is 266 g/mol. The van der Waals surface area contributed by atoms with Crippen molar-refractivity contribution in [3.63, 3.8) is 0 Å². The molecule has 0 amide bonds. The maximum atomic E-state index is 12.9. The lowest BCUT2D eigenvalue weighted by Gasteiger charge is -2.52. The number of benzene rings is 1. The first-order valence-corrected chi connectivity index (χ1v) is 6.87.